The molecular weight excluding hydrogens is 212 g/mol. The van der Waals surface area contributed by atoms with Crippen molar-refractivity contribution in [1.29, 1.82) is 0 Å². The van der Waals surface area contributed by atoms with E-state index in [1.807, 2.05) is 0 Å². The smallest absolute Gasteiger partial charge is 0.146 e. The molecule has 0 unspecified atom stereocenters. The van der Waals surface area contributed by atoms with Crippen LogP contribution in [-0.2, 0) is 4.43 Å². The molecule has 0 saturated heterocycles. The zero-order valence-electron chi connectivity index (χ0n) is 11.8. The van der Waals surface area contributed by atoms with Crippen LogP contribution in [0.5, 0.6) is 0 Å². The maximum Gasteiger partial charge on any atom is 0.146 e. The summed E-state index contributed by atoms with van der Waals surface area (Å²) in [6.07, 6.45) is 12.2. The maximum atomic E-state index is 6.11. The lowest BCUT2D eigenvalue weighted by Crippen LogP contribution is -2.48. The Morgan fingerprint density at radius 3 is 2.25 bits per heavy atom. The lowest BCUT2D eigenvalue weighted by molar-refractivity contribution is -0.0710. The topological polar surface area (TPSA) is 9.23 Å². The third-order valence-electron chi connectivity index (χ3n) is 4.69. The van der Waals surface area contributed by atoms with Gasteiger partial charge in [-0.05, 0) is 24.7 Å². The summed E-state index contributed by atoms with van der Waals surface area (Å²) in [7, 11) is 0.894. The third kappa shape index (κ3) is 3.10. The summed E-state index contributed by atoms with van der Waals surface area (Å²) in [5.74, 6) is 0. The monoisotopic (exact) mass is 242 g/mol. The highest BCUT2D eigenvalue weighted by molar-refractivity contribution is 5.98. The Hall–Kier alpha value is 0.177. The molecule has 1 fully saturated rings. The molecule has 1 nitrogen and oxygen atoms in total. The van der Waals surface area contributed by atoms with Gasteiger partial charge in [-0.1, -0.05) is 59.3 Å². The van der Waals surface area contributed by atoms with Gasteiger partial charge in [0, 0.05) is 0 Å². The highest BCUT2D eigenvalue weighted by Gasteiger charge is 2.44. The van der Waals surface area contributed by atoms with Gasteiger partial charge in [0.15, 0.2) is 0 Å². The highest BCUT2D eigenvalue weighted by atomic mass is 28.2. The molecule has 16 heavy (non-hydrogen) atoms. The summed E-state index contributed by atoms with van der Waals surface area (Å²) < 4.78 is 6.11. The summed E-state index contributed by atoms with van der Waals surface area (Å²) in [5, 5.41) is 0. The number of rotatable bonds is 6. The molecule has 0 N–H and O–H groups in total. The molecule has 1 aliphatic rings. The largest absolute Gasteiger partial charge is 0.422 e. The summed E-state index contributed by atoms with van der Waals surface area (Å²) in [6.45, 7) is 7.16. The molecule has 2 heteroatoms. The Labute approximate surface area is 105 Å². The van der Waals surface area contributed by atoms with E-state index in [0.717, 1.165) is 10.5 Å². The Morgan fingerprint density at radius 1 is 1.12 bits per heavy atom. The van der Waals surface area contributed by atoms with Crippen molar-refractivity contribution in [2.45, 2.75) is 84.2 Å². The molecule has 0 radical (unpaired) electrons. The van der Waals surface area contributed by atoms with Gasteiger partial charge in [0.05, 0.1) is 5.60 Å². The fraction of sp³-hybridized carbons (Fsp3) is 1.00. The van der Waals surface area contributed by atoms with Gasteiger partial charge >= 0.3 is 0 Å². The van der Waals surface area contributed by atoms with Crippen molar-refractivity contribution in [1.82, 2.24) is 0 Å². The molecule has 1 aliphatic carbocycles. The molecule has 0 bridgehead atoms. The highest BCUT2D eigenvalue weighted by Crippen LogP contribution is 2.47. The van der Waals surface area contributed by atoms with Crippen molar-refractivity contribution in [3.63, 3.8) is 0 Å². The van der Waals surface area contributed by atoms with Crippen molar-refractivity contribution in [3.05, 3.63) is 0 Å². The lowest BCUT2D eigenvalue weighted by Gasteiger charge is -2.49. The fourth-order valence-corrected chi connectivity index (χ4v) is 4.29. The second-order valence-corrected chi connectivity index (χ2v) is 6.51. The van der Waals surface area contributed by atoms with E-state index in [4.69, 9.17) is 4.43 Å². The van der Waals surface area contributed by atoms with E-state index in [1.165, 1.54) is 57.8 Å². The van der Waals surface area contributed by atoms with Crippen molar-refractivity contribution in [3.8, 4) is 0 Å². The van der Waals surface area contributed by atoms with Crippen molar-refractivity contribution >= 4 is 10.5 Å². The van der Waals surface area contributed by atoms with Crippen LogP contribution >= 0.6 is 0 Å². The molecule has 1 rings (SSSR count). The summed E-state index contributed by atoms with van der Waals surface area (Å²) in [4.78, 5) is 0. The van der Waals surface area contributed by atoms with E-state index in [0.29, 0.717) is 5.41 Å². The SMILES string of the molecule is CCCCCC(C)(C)C1(O[SiH3])CCCCC1. The average molecular weight is 242 g/mol. The predicted octanol–water partition coefficient (Wildman–Crippen LogP) is 3.59. The van der Waals surface area contributed by atoms with Gasteiger partial charge in [0.1, 0.15) is 10.5 Å². The van der Waals surface area contributed by atoms with Crippen LogP contribution in [0.15, 0.2) is 0 Å². The van der Waals surface area contributed by atoms with Crippen LogP contribution < -0.4 is 0 Å². The van der Waals surface area contributed by atoms with Crippen LogP contribution in [0.1, 0.15) is 78.6 Å². The quantitative estimate of drug-likeness (QED) is 0.511. The molecule has 0 aromatic carbocycles. The van der Waals surface area contributed by atoms with Gasteiger partial charge in [0.25, 0.3) is 0 Å². The van der Waals surface area contributed by atoms with Crippen LogP contribution in [0, 0.1) is 5.41 Å². The van der Waals surface area contributed by atoms with Crippen LogP contribution in [0.3, 0.4) is 0 Å². The van der Waals surface area contributed by atoms with E-state index >= 15 is 0 Å². The first-order chi connectivity index (χ1) is 7.58. The molecule has 0 atom stereocenters. The van der Waals surface area contributed by atoms with E-state index < -0.39 is 0 Å². The van der Waals surface area contributed by atoms with Gasteiger partial charge in [-0.2, -0.15) is 0 Å². The second kappa shape index (κ2) is 6.20. The molecular formula is C14H30OSi. The second-order valence-electron chi connectivity index (χ2n) is 6.10. The minimum atomic E-state index is 0.227. The average Bonchev–Trinajstić information content (AvgIpc) is 2.30. The molecule has 1 saturated carbocycles. The Morgan fingerprint density at radius 2 is 1.75 bits per heavy atom. The van der Waals surface area contributed by atoms with E-state index in [9.17, 15) is 0 Å². The molecule has 0 spiro atoms. The minimum Gasteiger partial charge on any atom is -0.422 e. The number of hydrogen-bond donors (Lipinski definition) is 0. The molecule has 96 valence electrons. The Bertz CT molecular complexity index is 195. The molecule has 0 aromatic rings. The Balaban J connectivity index is 2.60. The summed E-state index contributed by atoms with van der Waals surface area (Å²) in [5.41, 5.74) is 0.607. The first-order valence-corrected chi connectivity index (χ1v) is 7.95. The molecule has 0 aromatic heterocycles. The van der Waals surface area contributed by atoms with Gasteiger partial charge in [-0.25, -0.2) is 0 Å². The number of hydrogen-bond acceptors (Lipinski definition) is 1. The van der Waals surface area contributed by atoms with Crippen molar-refractivity contribution in [2.75, 3.05) is 0 Å². The first-order valence-electron chi connectivity index (χ1n) is 7.13. The Kier molecular flexibility index (Phi) is 5.52. The zero-order valence-corrected chi connectivity index (χ0v) is 13.8. The summed E-state index contributed by atoms with van der Waals surface area (Å²) in [6, 6.07) is 0. The van der Waals surface area contributed by atoms with Gasteiger partial charge in [0.2, 0.25) is 0 Å². The third-order valence-corrected chi connectivity index (χ3v) is 5.47. The summed E-state index contributed by atoms with van der Waals surface area (Å²) >= 11 is 0. The van der Waals surface area contributed by atoms with Crippen LogP contribution in [0.2, 0.25) is 0 Å². The molecule has 0 amide bonds. The van der Waals surface area contributed by atoms with E-state index in [-0.39, 0.29) is 5.60 Å². The van der Waals surface area contributed by atoms with Crippen molar-refractivity contribution in [2.24, 2.45) is 5.41 Å². The maximum absolute atomic E-state index is 6.11. The normalized spacial score (nSPS) is 21.2. The van der Waals surface area contributed by atoms with Crippen molar-refractivity contribution < 1.29 is 4.43 Å². The molecule has 0 heterocycles. The van der Waals surface area contributed by atoms with E-state index in [2.05, 4.69) is 20.8 Å². The predicted molar refractivity (Wildman–Crippen MR) is 74.8 cm³/mol. The number of unbranched alkanes of at least 4 members (excludes halogenated alkanes) is 2. The van der Waals surface area contributed by atoms with Gasteiger partial charge in [-0.3, -0.25) is 0 Å². The van der Waals surface area contributed by atoms with Gasteiger partial charge < -0.3 is 4.43 Å². The van der Waals surface area contributed by atoms with Gasteiger partial charge in [-0.15, -0.1) is 0 Å². The lowest BCUT2D eigenvalue weighted by atomic mass is 9.65. The standard InChI is InChI=1S/C14H30OSi/c1-4-5-7-10-13(2,3)14(15-16)11-8-6-9-12-14/h4-12H2,1-3,16H3. The van der Waals surface area contributed by atoms with Crippen LogP contribution in [-0.4, -0.2) is 16.1 Å². The van der Waals surface area contributed by atoms with Crippen LogP contribution in [0.4, 0.5) is 0 Å². The fourth-order valence-electron chi connectivity index (χ4n) is 3.32. The van der Waals surface area contributed by atoms with E-state index in [1.54, 1.807) is 0 Å². The molecule has 0 aliphatic heterocycles. The first kappa shape index (κ1) is 14.2. The van der Waals surface area contributed by atoms with Crippen LogP contribution in [0.25, 0.3) is 0 Å². The minimum absolute atomic E-state index is 0.227. The zero-order chi connectivity index (χ0) is 12.1.